The number of nitrogens with one attached hydrogen (secondary N) is 1. The van der Waals surface area contributed by atoms with E-state index in [1.54, 1.807) is 0 Å². The average Bonchev–Trinajstić information content (AvgIpc) is 3.28. The lowest BCUT2D eigenvalue weighted by Crippen LogP contribution is -2.54. The van der Waals surface area contributed by atoms with Crippen molar-refractivity contribution in [1.29, 1.82) is 0 Å². The minimum absolute atomic E-state index is 0.0872. The van der Waals surface area contributed by atoms with Crippen molar-refractivity contribution in [2.75, 3.05) is 13.7 Å². The maximum Gasteiger partial charge on any atom is 0.328 e. The molecule has 3 rings (SSSR count). The van der Waals surface area contributed by atoms with Gasteiger partial charge in [0.1, 0.15) is 6.04 Å². The Kier molecular flexibility index (Phi) is 6.32. The Labute approximate surface area is 161 Å². The Morgan fingerprint density at radius 1 is 1.22 bits per heavy atom. The molecule has 1 N–H and O–H groups in total. The molecule has 1 aliphatic heterocycles. The van der Waals surface area contributed by atoms with Crippen LogP contribution in [0.4, 0.5) is 0 Å². The number of carbonyl (C=O) groups is 2. The van der Waals surface area contributed by atoms with E-state index in [2.05, 4.69) is 34.5 Å². The second-order valence-corrected chi connectivity index (χ2v) is 8.06. The Hall–Kier alpha value is -2.14. The molecule has 1 aliphatic carbocycles. The second kappa shape index (κ2) is 8.70. The number of benzene rings is 1. The zero-order valence-corrected chi connectivity index (χ0v) is 16.4. The van der Waals surface area contributed by atoms with E-state index in [0.717, 1.165) is 18.5 Å². The van der Waals surface area contributed by atoms with Gasteiger partial charge in [0.05, 0.1) is 13.2 Å². The highest BCUT2D eigenvalue weighted by Crippen LogP contribution is 2.33. The molecule has 2 bridgehead atoms. The molecule has 1 amide bonds. The van der Waals surface area contributed by atoms with Crippen LogP contribution in [0.1, 0.15) is 32.3 Å². The van der Waals surface area contributed by atoms with Crippen molar-refractivity contribution in [3.05, 3.63) is 48.0 Å². The van der Waals surface area contributed by atoms with Gasteiger partial charge >= 0.3 is 5.97 Å². The third-order valence-corrected chi connectivity index (χ3v) is 5.51. The zero-order chi connectivity index (χ0) is 19.4. The van der Waals surface area contributed by atoms with Gasteiger partial charge in [0.15, 0.2) is 0 Å². The van der Waals surface area contributed by atoms with Gasteiger partial charge < -0.3 is 10.1 Å². The quantitative estimate of drug-likeness (QED) is 0.564. The Bertz CT molecular complexity index is 686. The first-order valence-electron chi connectivity index (χ1n) is 9.84. The van der Waals surface area contributed by atoms with Crippen molar-refractivity contribution < 1.29 is 14.3 Å². The first-order chi connectivity index (χ1) is 13.0. The van der Waals surface area contributed by atoms with Crippen LogP contribution in [0.25, 0.3) is 0 Å². The van der Waals surface area contributed by atoms with Crippen molar-refractivity contribution in [2.24, 2.45) is 11.8 Å². The van der Waals surface area contributed by atoms with Crippen LogP contribution in [-0.2, 0) is 20.7 Å². The van der Waals surface area contributed by atoms with Crippen LogP contribution in [0.5, 0.6) is 0 Å². The molecule has 1 aromatic carbocycles. The smallest absolute Gasteiger partial charge is 0.328 e. The molecule has 0 unspecified atom stereocenters. The number of nitrogens with zero attached hydrogens (tertiary/aromatic N) is 1. The fourth-order valence-electron chi connectivity index (χ4n) is 4.19. The summed E-state index contributed by atoms with van der Waals surface area (Å²) in [7, 11) is 1.37. The molecule has 5 heteroatoms. The number of ether oxygens (including phenoxy) is 1. The number of carbonyl (C=O) groups excluding carboxylic acids is 2. The molecule has 1 fully saturated rings. The van der Waals surface area contributed by atoms with Gasteiger partial charge in [-0.15, -0.1) is 0 Å². The largest absolute Gasteiger partial charge is 0.467 e. The summed E-state index contributed by atoms with van der Waals surface area (Å²) in [6.07, 6.45) is 6.77. The van der Waals surface area contributed by atoms with E-state index in [1.807, 2.05) is 32.0 Å². The van der Waals surface area contributed by atoms with E-state index in [9.17, 15) is 9.59 Å². The van der Waals surface area contributed by atoms with Crippen LogP contribution in [0, 0.1) is 11.8 Å². The highest BCUT2D eigenvalue weighted by molar-refractivity contribution is 5.87. The van der Waals surface area contributed by atoms with E-state index in [1.165, 1.54) is 7.11 Å². The second-order valence-electron chi connectivity index (χ2n) is 8.06. The standard InChI is InChI=1S/C22H30N2O3/c1-15(2)11-19(22(26)27-3)23-21(25)20(13-16-7-5-4-6-8-16)24-14-17-9-10-18(24)12-17/h4-10,15,17-20H,11-14H2,1-3H3,(H,23,25)/t17-,18-,19-,20-/m0/s1. The van der Waals surface area contributed by atoms with Crippen molar-refractivity contribution >= 4 is 11.9 Å². The summed E-state index contributed by atoms with van der Waals surface area (Å²) in [5.41, 5.74) is 1.13. The van der Waals surface area contributed by atoms with Gasteiger partial charge in [-0.05, 0) is 36.7 Å². The van der Waals surface area contributed by atoms with E-state index in [0.29, 0.717) is 24.8 Å². The van der Waals surface area contributed by atoms with Gasteiger partial charge in [-0.1, -0.05) is 56.3 Å². The van der Waals surface area contributed by atoms with Crippen LogP contribution in [0.2, 0.25) is 0 Å². The molecule has 146 valence electrons. The van der Waals surface area contributed by atoms with Crippen molar-refractivity contribution in [3.63, 3.8) is 0 Å². The molecule has 0 saturated carbocycles. The van der Waals surface area contributed by atoms with Crippen LogP contribution >= 0.6 is 0 Å². The third kappa shape index (κ3) is 4.78. The predicted octanol–water partition coefficient (Wildman–Crippen LogP) is 2.56. The number of hydrogen-bond acceptors (Lipinski definition) is 4. The zero-order valence-electron chi connectivity index (χ0n) is 16.4. The molecule has 2 aliphatic rings. The van der Waals surface area contributed by atoms with Crippen molar-refractivity contribution in [2.45, 2.75) is 51.2 Å². The summed E-state index contributed by atoms with van der Waals surface area (Å²) >= 11 is 0. The summed E-state index contributed by atoms with van der Waals surface area (Å²) in [6.45, 7) is 4.97. The summed E-state index contributed by atoms with van der Waals surface area (Å²) in [5, 5.41) is 2.98. The lowest BCUT2D eigenvalue weighted by Gasteiger charge is -2.33. The van der Waals surface area contributed by atoms with Gasteiger partial charge in [0, 0.05) is 12.6 Å². The van der Waals surface area contributed by atoms with Gasteiger partial charge in [0.2, 0.25) is 5.91 Å². The van der Waals surface area contributed by atoms with Gasteiger partial charge in [-0.3, -0.25) is 9.69 Å². The monoisotopic (exact) mass is 370 g/mol. The summed E-state index contributed by atoms with van der Waals surface area (Å²) in [4.78, 5) is 27.7. The normalized spacial score (nSPS) is 23.4. The molecule has 1 saturated heterocycles. The highest BCUT2D eigenvalue weighted by atomic mass is 16.5. The Morgan fingerprint density at radius 3 is 2.52 bits per heavy atom. The van der Waals surface area contributed by atoms with Crippen molar-refractivity contribution in [1.82, 2.24) is 10.2 Å². The first kappa shape index (κ1) is 19.6. The molecule has 4 atom stereocenters. The fraction of sp³-hybridized carbons (Fsp3) is 0.545. The third-order valence-electron chi connectivity index (χ3n) is 5.51. The van der Waals surface area contributed by atoms with Crippen LogP contribution < -0.4 is 5.32 Å². The van der Waals surface area contributed by atoms with E-state index < -0.39 is 6.04 Å². The molecule has 1 heterocycles. The van der Waals surface area contributed by atoms with Crippen LogP contribution in [0.15, 0.2) is 42.5 Å². The summed E-state index contributed by atoms with van der Waals surface area (Å²) < 4.78 is 4.91. The van der Waals surface area contributed by atoms with Crippen LogP contribution in [0.3, 0.4) is 0 Å². The summed E-state index contributed by atoms with van der Waals surface area (Å²) in [6, 6.07) is 9.51. The fourth-order valence-corrected chi connectivity index (χ4v) is 4.19. The molecule has 27 heavy (non-hydrogen) atoms. The Balaban J connectivity index is 1.77. The number of methoxy groups -OCH3 is 1. The molecule has 1 aromatic rings. The minimum atomic E-state index is -0.601. The minimum Gasteiger partial charge on any atom is -0.467 e. The molecular weight excluding hydrogens is 340 g/mol. The molecule has 5 nitrogen and oxygen atoms in total. The predicted molar refractivity (Wildman–Crippen MR) is 105 cm³/mol. The average molecular weight is 370 g/mol. The lowest BCUT2D eigenvalue weighted by molar-refractivity contribution is -0.146. The molecule has 0 radical (unpaired) electrons. The van der Waals surface area contributed by atoms with E-state index >= 15 is 0 Å². The SMILES string of the molecule is COC(=O)[C@H](CC(C)C)NC(=O)[C@H](Cc1ccccc1)N1C[C@H]2C=C[C@H]1C2. The maximum atomic E-state index is 13.2. The topological polar surface area (TPSA) is 58.6 Å². The Morgan fingerprint density at radius 2 is 1.96 bits per heavy atom. The van der Waals surface area contributed by atoms with Gasteiger partial charge in [0.25, 0.3) is 0 Å². The van der Waals surface area contributed by atoms with E-state index in [4.69, 9.17) is 4.74 Å². The number of rotatable bonds is 8. The molecular formula is C22H30N2O3. The first-order valence-corrected chi connectivity index (χ1v) is 9.84. The van der Waals surface area contributed by atoms with E-state index in [-0.39, 0.29) is 23.8 Å². The number of fused-ring (bicyclic) bond motifs is 2. The number of likely N-dealkylation sites (tertiary alicyclic amines) is 1. The number of amides is 1. The van der Waals surface area contributed by atoms with Gasteiger partial charge in [-0.2, -0.15) is 0 Å². The number of esters is 1. The molecule has 0 spiro atoms. The summed E-state index contributed by atoms with van der Waals surface area (Å²) in [5.74, 6) is 0.357. The lowest BCUT2D eigenvalue weighted by atomic mass is 10.00. The van der Waals surface area contributed by atoms with Crippen molar-refractivity contribution in [3.8, 4) is 0 Å². The number of hydrogen-bond donors (Lipinski definition) is 1. The molecule has 0 aromatic heterocycles. The maximum absolute atomic E-state index is 13.2. The highest BCUT2D eigenvalue weighted by Gasteiger charge is 2.41. The van der Waals surface area contributed by atoms with Gasteiger partial charge in [-0.25, -0.2) is 4.79 Å². The van der Waals surface area contributed by atoms with Crippen LogP contribution in [-0.4, -0.2) is 48.6 Å².